The van der Waals surface area contributed by atoms with Crippen molar-refractivity contribution in [1.82, 2.24) is 9.97 Å². The predicted octanol–water partition coefficient (Wildman–Crippen LogP) is 3.93. The second-order valence-electron chi connectivity index (χ2n) is 6.43. The van der Waals surface area contributed by atoms with Gasteiger partial charge in [0.05, 0.1) is 22.7 Å². The van der Waals surface area contributed by atoms with E-state index in [1.165, 1.54) is 12.4 Å². The largest absolute Gasteiger partial charge is 0.345 e. The summed E-state index contributed by atoms with van der Waals surface area (Å²) in [6.07, 6.45) is 3.00. The smallest absolute Gasteiger partial charge is 0.223 e. The van der Waals surface area contributed by atoms with Crippen LogP contribution in [-0.2, 0) is 5.54 Å². The Kier molecular flexibility index (Phi) is 4.76. The number of anilines is 1. The van der Waals surface area contributed by atoms with E-state index < -0.39 is 0 Å². The first kappa shape index (κ1) is 17.3. The third-order valence-electron chi connectivity index (χ3n) is 4.09. The van der Waals surface area contributed by atoms with Gasteiger partial charge in [-0.2, -0.15) is 5.26 Å². The van der Waals surface area contributed by atoms with E-state index in [-0.39, 0.29) is 11.3 Å². The van der Waals surface area contributed by atoms with Gasteiger partial charge in [-0.05, 0) is 31.5 Å². The van der Waals surface area contributed by atoms with Crippen LogP contribution in [-0.4, -0.2) is 15.8 Å². The Morgan fingerprint density at radius 2 is 1.69 bits per heavy atom. The van der Waals surface area contributed by atoms with Gasteiger partial charge in [-0.1, -0.05) is 42.5 Å². The van der Waals surface area contributed by atoms with E-state index in [0.717, 1.165) is 5.56 Å². The third kappa shape index (κ3) is 3.76. The van der Waals surface area contributed by atoms with Gasteiger partial charge >= 0.3 is 0 Å². The Hall–Kier alpha value is -3.52. The highest BCUT2D eigenvalue weighted by atomic mass is 16.1. The first-order valence-electron chi connectivity index (χ1n) is 8.20. The van der Waals surface area contributed by atoms with E-state index in [4.69, 9.17) is 5.26 Å². The van der Waals surface area contributed by atoms with Gasteiger partial charge in [-0.3, -0.25) is 4.79 Å². The number of carbonyl (C=O) groups is 1. The molecular weight excluding hydrogens is 324 g/mol. The van der Waals surface area contributed by atoms with Gasteiger partial charge in [0, 0.05) is 18.0 Å². The lowest BCUT2D eigenvalue weighted by Gasteiger charge is -2.26. The Balaban J connectivity index is 1.78. The number of ketones is 1. The Morgan fingerprint density at radius 1 is 1.00 bits per heavy atom. The zero-order valence-corrected chi connectivity index (χ0v) is 14.6. The van der Waals surface area contributed by atoms with Crippen molar-refractivity contribution in [3.63, 3.8) is 0 Å². The second kappa shape index (κ2) is 7.16. The summed E-state index contributed by atoms with van der Waals surface area (Å²) >= 11 is 0. The normalized spacial score (nSPS) is 10.8. The molecule has 3 rings (SSSR count). The number of nitrogens with zero attached hydrogens (tertiary/aromatic N) is 3. The van der Waals surface area contributed by atoms with Gasteiger partial charge in [-0.15, -0.1) is 0 Å². The molecule has 1 heterocycles. The van der Waals surface area contributed by atoms with Gasteiger partial charge in [0.1, 0.15) is 0 Å². The molecule has 0 aliphatic carbocycles. The van der Waals surface area contributed by atoms with Gasteiger partial charge in [0.25, 0.3) is 0 Å². The quantitative estimate of drug-likeness (QED) is 0.711. The van der Waals surface area contributed by atoms with Crippen molar-refractivity contribution in [2.75, 3.05) is 5.32 Å². The molecule has 0 radical (unpaired) electrons. The fraction of sp³-hybridized carbons (Fsp3) is 0.143. The minimum absolute atomic E-state index is 0.212. The van der Waals surface area contributed by atoms with Crippen molar-refractivity contribution >= 4 is 11.7 Å². The molecule has 0 aliphatic heterocycles. The molecule has 0 amide bonds. The van der Waals surface area contributed by atoms with Crippen molar-refractivity contribution in [2.24, 2.45) is 0 Å². The standard InChI is InChI=1S/C21H18N4O/c1-21(2,18-9-4-3-5-10-18)25-20-23-13-17(14-24-20)19(26)16-8-6-7-15(11-16)12-22/h3-11,13-14H,1-2H3,(H,23,24,25). The van der Waals surface area contributed by atoms with Crippen LogP contribution < -0.4 is 5.32 Å². The molecule has 0 atom stereocenters. The summed E-state index contributed by atoms with van der Waals surface area (Å²) in [6, 6.07) is 18.6. The fourth-order valence-corrected chi connectivity index (χ4v) is 2.61. The number of rotatable bonds is 5. The molecule has 0 saturated heterocycles. The van der Waals surface area contributed by atoms with Gasteiger partial charge in [-0.25, -0.2) is 9.97 Å². The first-order valence-corrected chi connectivity index (χ1v) is 8.20. The van der Waals surface area contributed by atoms with E-state index >= 15 is 0 Å². The van der Waals surface area contributed by atoms with E-state index in [0.29, 0.717) is 22.6 Å². The molecule has 0 aliphatic rings. The number of benzene rings is 2. The third-order valence-corrected chi connectivity index (χ3v) is 4.09. The molecule has 0 bridgehead atoms. The minimum Gasteiger partial charge on any atom is -0.345 e. The molecule has 0 saturated carbocycles. The molecule has 1 N–H and O–H groups in total. The average molecular weight is 342 g/mol. The minimum atomic E-state index is -0.353. The lowest BCUT2D eigenvalue weighted by molar-refractivity contribution is 0.103. The molecule has 128 valence electrons. The highest BCUT2D eigenvalue weighted by Crippen LogP contribution is 2.23. The van der Waals surface area contributed by atoms with E-state index in [1.807, 2.05) is 50.2 Å². The van der Waals surface area contributed by atoms with Crippen LogP contribution in [0.2, 0.25) is 0 Å². The Morgan fingerprint density at radius 3 is 2.35 bits per heavy atom. The number of aromatic nitrogens is 2. The monoisotopic (exact) mass is 342 g/mol. The number of nitriles is 1. The maximum Gasteiger partial charge on any atom is 0.223 e. The van der Waals surface area contributed by atoms with Crippen LogP contribution in [0.4, 0.5) is 5.95 Å². The maximum absolute atomic E-state index is 12.5. The lowest BCUT2D eigenvalue weighted by atomic mass is 9.95. The molecule has 5 heteroatoms. The summed E-state index contributed by atoms with van der Waals surface area (Å²) in [4.78, 5) is 21.1. The van der Waals surface area contributed by atoms with Gasteiger partial charge in [0.2, 0.25) is 5.95 Å². The Labute approximate surface area is 152 Å². The van der Waals surface area contributed by atoms with Crippen LogP contribution in [0.25, 0.3) is 0 Å². The van der Waals surface area contributed by atoms with Crippen molar-refractivity contribution in [3.8, 4) is 6.07 Å². The zero-order chi connectivity index (χ0) is 18.6. The topological polar surface area (TPSA) is 78.7 Å². The van der Waals surface area contributed by atoms with Crippen molar-refractivity contribution in [1.29, 1.82) is 5.26 Å². The summed E-state index contributed by atoms with van der Waals surface area (Å²) in [7, 11) is 0. The molecule has 1 aromatic heterocycles. The van der Waals surface area contributed by atoms with Crippen LogP contribution in [0.15, 0.2) is 67.0 Å². The SMILES string of the molecule is CC(C)(Nc1ncc(C(=O)c2cccc(C#N)c2)cn1)c1ccccc1. The molecule has 0 fully saturated rings. The van der Waals surface area contributed by atoms with Gasteiger partial charge < -0.3 is 5.32 Å². The summed E-state index contributed by atoms with van der Waals surface area (Å²) in [5.74, 6) is 0.233. The van der Waals surface area contributed by atoms with E-state index in [9.17, 15) is 4.79 Å². The number of carbonyl (C=O) groups excluding carboxylic acids is 1. The van der Waals surface area contributed by atoms with Gasteiger partial charge in [0.15, 0.2) is 5.78 Å². The van der Waals surface area contributed by atoms with Crippen LogP contribution in [0.3, 0.4) is 0 Å². The van der Waals surface area contributed by atoms with Crippen molar-refractivity contribution < 1.29 is 4.79 Å². The molecule has 5 nitrogen and oxygen atoms in total. The molecule has 0 unspecified atom stereocenters. The maximum atomic E-state index is 12.5. The van der Waals surface area contributed by atoms with Crippen LogP contribution in [0, 0.1) is 11.3 Å². The van der Waals surface area contributed by atoms with Crippen LogP contribution in [0.1, 0.15) is 40.9 Å². The number of hydrogen-bond acceptors (Lipinski definition) is 5. The molecule has 0 spiro atoms. The molecule has 2 aromatic carbocycles. The molecular formula is C21H18N4O. The van der Waals surface area contributed by atoms with Crippen molar-refractivity contribution in [3.05, 3.63) is 89.2 Å². The van der Waals surface area contributed by atoms with E-state index in [2.05, 4.69) is 15.3 Å². The van der Waals surface area contributed by atoms with E-state index in [1.54, 1.807) is 24.3 Å². The number of nitrogens with one attached hydrogen (secondary N) is 1. The fourth-order valence-electron chi connectivity index (χ4n) is 2.61. The van der Waals surface area contributed by atoms with Crippen LogP contribution >= 0.6 is 0 Å². The zero-order valence-electron chi connectivity index (χ0n) is 14.6. The summed E-state index contributed by atoms with van der Waals surface area (Å²) in [6.45, 7) is 4.08. The summed E-state index contributed by atoms with van der Waals surface area (Å²) in [5, 5.41) is 12.2. The average Bonchev–Trinajstić information content (AvgIpc) is 2.68. The first-order chi connectivity index (χ1) is 12.5. The summed E-state index contributed by atoms with van der Waals surface area (Å²) in [5.41, 5.74) is 2.02. The highest BCUT2D eigenvalue weighted by molar-refractivity contribution is 6.08. The van der Waals surface area contributed by atoms with Crippen LogP contribution in [0.5, 0.6) is 0 Å². The highest BCUT2D eigenvalue weighted by Gasteiger charge is 2.21. The molecule has 26 heavy (non-hydrogen) atoms. The van der Waals surface area contributed by atoms with Crippen molar-refractivity contribution in [2.45, 2.75) is 19.4 Å². The summed E-state index contributed by atoms with van der Waals surface area (Å²) < 4.78 is 0. The number of hydrogen-bond donors (Lipinski definition) is 1. The molecule has 3 aromatic rings. The second-order valence-corrected chi connectivity index (χ2v) is 6.43. The predicted molar refractivity (Wildman–Crippen MR) is 99.7 cm³/mol. The lowest BCUT2D eigenvalue weighted by Crippen LogP contribution is -2.29. The Bertz CT molecular complexity index is 957.